The van der Waals surface area contributed by atoms with Crippen LogP contribution in [-0.4, -0.2) is 20.8 Å². The Kier molecular flexibility index (Phi) is 4.95. The van der Waals surface area contributed by atoms with Crippen LogP contribution in [0.2, 0.25) is 0 Å². The van der Waals surface area contributed by atoms with E-state index in [4.69, 9.17) is 0 Å². The molecule has 5 nitrogen and oxygen atoms in total. The van der Waals surface area contributed by atoms with E-state index in [0.717, 1.165) is 5.56 Å². The molecule has 2 aromatic carbocycles. The molecule has 3 aromatic rings. The molecule has 0 bridgehead atoms. The fourth-order valence-electron chi connectivity index (χ4n) is 2.70. The van der Waals surface area contributed by atoms with E-state index >= 15 is 0 Å². The second-order valence-electron chi connectivity index (χ2n) is 6.28. The highest BCUT2D eigenvalue weighted by Gasteiger charge is 2.26. The number of carbonyl (C=O) groups excluding carboxylic acids is 1. The van der Waals surface area contributed by atoms with Crippen molar-refractivity contribution in [3.63, 3.8) is 0 Å². The largest absolute Gasteiger partial charge is 0.385 e. The van der Waals surface area contributed by atoms with E-state index in [1.807, 2.05) is 60.7 Å². The van der Waals surface area contributed by atoms with Crippen LogP contribution in [0.1, 0.15) is 24.5 Å². The third kappa shape index (κ3) is 4.55. The monoisotopic (exact) mass is 335 g/mol. The first-order chi connectivity index (χ1) is 12.0. The van der Waals surface area contributed by atoms with Gasteiger partial charge in [-0.3, -0.25) is 9.48 Å². The average Bonchev–Trinajstić information content (AvgIpc) is 3.03. The minimum atomic E-state index is -1.22. The summed E-state index contributed by atoms with van der Waals surface area (Å²) in [6.07, 6.45) is 3.36. The molecule has 5 heteroatoms. The van der Waals surface area contributed by atoms with Crippen LogP contribution < -0.4 is 5.32 Å². The third-order valence-electron chi connectivity index (χ3n) is 4.00. The maximum atomic E-state index is 12.3. The first kappa shape index (κ1) is 16.9. The molecule has 128 valence electrons. The molecule has 3 rings (SSSR count). The van der Waals surface area contributed by atoms with Crippen molar-refractivity contribution in [2.45, 2.75) is 25.5 Å². The van der Waals surface area contributed by atoms with Crippen LogP contribution in [0.4, 0.5) is 5.69 Å². The highest BCUT2D eigenvalue weighted by molar-refractivity contribution is 5.91. The minimum absolute atomic E-state index is 0.0269. The van der Waals surface area contributed by atoms with Gasteiger partial charge in [0.1, 0.15) is 0 Å². The molecule has 0 fully saturated rings. The lowest BCUT2D eigenvalue weighted by Gasteiger charge is -2.23. The summed E-state index contributed by atoms with van der Waals surface area (Å²) in [7, 11) is 0. The highest BCUT2D eigenvalue weighted by atomic mass is 16.3. The molecule has 0 spiro atoms. The van der Waals surface area contributed by atoms with Crippen molar-refractivity contribution in [2.75, 3.05) is 5.32 Å². The molecule has 25 heavy (non-hydrogen) atoms. The summed E-state index contributed by atoms with van der Waals surface area (Å²) >= 11 is 0. The van der Waals surface area contributed by atoms with E-state index in [1.165, 1.54) is 0 Å². The zero-order valence-electron chi connectivity index (χ0n) is 14.1. The van der Waals surface area contributed by atoms with Gasteiger partial charge in [0, 0.05) is 6.20 Å². The van der Waals surface area contributed by atoms with Crippen molar-refractivity contribution < 1.29 is 9.90 Å². The summed E-state index contributed by atoms with van der Waals surface area (Å²) in [6, 6.07) is 19.2. The number of hydrogen-bond donors (Lipinski definition) is 2. The first-order valence-corrected chi connectivity index (χ1v) is 8.17. The normalized spacial score (nSPS) is 13.2. The van der Waals surface area contributed by atoms with Crippen molar-refractivity contribution in [1.29, 1.82) is 0 Å². The molecule has 0 aliphatic heterocycles. The summed E-state index contributed by atoms with van der Waals surface area (Å²) in [6.45, 7) is 2.28. The summed E-state index contributed by atoms with van der Waals surface area (Å²) in [5.74, 6) is -0.256. The van der Waals surface area contributed by atoms with Gasteiger partial charge in [0.05, 0.1) is 30.5 Å². The molecule has 1 unspecified atom stereocenters. The van der Waals surface area contributed by atoms with Crippen LogP contribution in [0.3, 0.4) is 0 Å². The van der Waals surface area contributed by atoms with E-state index in [0.29, 0.717) is 17.8 Å². The fourth-order valence-corrected chi connectivity index (χ4v) is 2.70. The van der Waals surface area contributed by atoms with E-state index in [9.17, 15) is 9.90 Å². The quantitative estimate of drug-likeness (QED) is 0.727. The molecule has 0 aliphatic carbocycles. The van der Waals surface area contributed by atoms with Gasteiger partial charge in [-0.1, -0.05) is 60.7 Å². The van der Waals surface area contributed by atoms with Crippen molar-refractivity contribution in [1.82, 2.24) is 9.78 Å². The molecular weight excluding hydrogens is 314 g/mol. The number of carbonyl (C=O) groups is 1. The second kappa shape index (κ2) is 7.32. The number of aromatic nitrogens is 2. The maximum absolute atomic E-state index is 12.3. The number of anilines is 1. The Bertz CT molecular complexity index is 826. The molecule has 1 amide bonds. The predicted molar refractivity (Wildman–Crippen MR) is 97.0 cm³/mol. The standard InChI is InChI=1S/C20H21N3O2/c1-20(25,17-10-6-3-7-11-17)12-19(24)22-18-13-21-23(15-18)14-16-8-4-2-5-9-16/h2-11,13,15,25H,12,14H2,1H3,(H,22,24). The lowest BCUT2D eigenvalue weighted by Crippen LogP contribution is -2.28. The number of amides is 1. The molecule has 0 saturated carbocycles. The molecule has 1 heterocycles. The number of rotatable bonds is 6. The van der Waals surface area contributed by atoms with Crippen molar-refractivity contribution in [3.8, 4) is 0 Å². The van der Waals surface area contributed by atoms with E-state index in [2.05, 4.69) is 10.4 Å². The Morgan fingerprint density at radius 3 is 2.44 bits per heavy atom. The smallest absolute Gasteiger partial charge is 0.227 e. The number of hydrogen-bond acceptors (Lipinski definition) is 3. The fraction of sp³-hybridized carbons (Fsp3) is 0.200. The Balaban J connectivity index is 1.60. The van der Waals surface area contributed by atoms with E-state index in [-0.39, 0.29) is 12.3 Å². The van der Waals surface area contributed by atoms with Gasteiger partial charge in [-0.2, -0.15) is 5.10 Å². The van der Waals surface area contributed by atoms with Gasteiger partial charge in [0.2, 0.25) is 5.91 Å². The predicted octanol–water partition coefficient (Wildman–Crippen LogP) is 3.17. The maximum Gasteiger partial charge on any atom is 0.227 e. The zero-order valence-corrected chi connectivity index (χ0v) is 14.1. The second-order valence-corrected chi connectivity index (χ2v) is 6.28. The van der Waals surface area contributed by atoms with Gasteiger partial charge < -0.3 is 10.4 Å². The molecule has 0 saturated heterocycles. The summed E-state index contributed by atoms with van der Waals surface area (Å²) < 4.78 is 1.76. The Labute approximate surface area is 146 Å². The van der Waals surface area contributed by atoms with Crippen LogP contribution in [0, 0.1) is 0 Å². The van der Waals surface area contributed by atoms with Crippen molar-refractivity contribution in [3.05, 3.63) is 84.2 Å². The number of nitrogens with one attached hydrogen (secondary N) is 1. The minimum Gasteiger partial charge on any atom is -0.385 e. The first-order valence-electron chi connectivity index (χ1n) is 8.17. The number of benzene rings is 2. The zero-order chi connectivity index (χ0) is 17.7. The van der Waals surface area contributed by atoms with Crippen LogP contribution in [0.5, 0.6) is 0 Å². The summed E-state index contributed by atoms with van der Waals surface area (Å²) in [5, 5.41) is 17.6. The molecule has 2 N–H and O–H groups in total. The van der Waals surface area contributed by atoms with E-state index in [1.54, 1.807) is 24.0 Å². The number of nitrogens with zero attached hydrogens (tertiary/aromatic N) is 2. The lowest BCUT2D eigenvalue weighted by atomic mass is 9.92. The third-order valence-corrected chi connectivity index (χ3v) is 4.00. The van der Waals surface area contributed by atoms with Crippen LogP contribution in [0.25, 0.3) is 0 Å². The van der Waals surface area contributed by atoms with Gasteiger partial charge in [0.25, 0.3) is 0 Å². The van der Waals surface area contributed by atoms with Gasteiger partial charge >= 0.3 is 0 Å². The SMILES string of the molecule is CC(O)(CC(=O)Nc1cnn(Cc2ccccc2)c1)c1ccccc1. The molecule has 1 atom stereocenters. The van der Waals surface area contributed by atoms with E-state index < -0.39 is 5.60 Å². The van der Waals surface area contributed by atoms with Gasteiger partial charge in [-0.15, -0.1) is 0 Å². The number of aliphatic hydroxyl groups is 1. The molecule has 0 aliphatic rings. The van der Waals surface area contributed by atoms with Crippen molar-refractivity contribution >= 4 is 11.6 Å². The molecular formula is C20H21N3O2. The van der Waals surface area contributed by atoms with Crippen LogP contribution in [-0.2, 0) is 16.9 Å². The Morgan fingerprint density at radius 2 is 1.76 bits per heavy atom. The lowest BCUT2D eigenvalue weighted by molar-refractivity contribution is -0.120. The van der Waals surface area contributed by atoms with Crippen LogP contribution >= 0.6 is 0 Å². The highest BCUT2D eigenvalue weighted by Crippen LogP contribution is 2.24. The van der Waals surface area contributed by atoms with Gasteiger partial charge in [-0.25, -0.2) is 0 Å². The summed E-state index contributed by atoms with van der Waals surface area (Å²) in [5.41, 5.74) is 1.25. The van der Waals surface area contributed by atoms with Crippen molar-refractivity contribution in [2.24, 2.45) is 0 Å². The molecule has 0 radical (unpaired) electrons. The topological polar surface area (TPSA) is 67.2 Å². The Morgan fingerprint density at radius 1 is 1.12 bits per heavy atom. The van der Waals surface area contributed by atoms with Gasteiger partial charge in [0.15, 0.2) is 0 Å². The molecule has 1 aromatic heterocycles. The average molecular weight is 335 g/mol. The van der Waals surface area contributed by atoms with Gasteiger partial charge in [-0.05, 0) is 18.1 Å². The summed E-state index contributed by atoms with van der Waals surface area (Å²) in [4.78, 5) is 12.3. The van der Waals surface area contributed by atoms with Crippen LogP contribution in [0.15, 0.2) is 73.1 Å². The Hall–Kier alpha value is -2.92.